The van der Waals surface area contributed by atoms with Crippen molar-refractivity contribution in [3.05, 3.63) is 52.3 Å². The number of carbonyl (C=O) groups is 2. The Morgan fingerprint density at radius 2 is 1.68 bits per heavy atom. The summed E-state index contributed by atoms with van der Waals surface area (Å²) in [5.74, 6) is -0.858. The Morgan fingerprint density at radius 1 is 1.10 bits per heavy atom. The lowest BCUT2D eigenvalue weighted by Crippen LogP contribution is -2.44. The Labute approximate surface area is 185 Å². The number of hydrogen-bond acceptors (Lipinski definition) is 5. The molecule has 0 radical (unpaired) electrons. The fraction of sp³-hybridized carbons (Fsp3) is 0.478. The van der Waals surface area contributed by atoms with Gasteiger partial charge in [-0.2, -0.15) is 4.31 Å². The third kappa shape index (κ3) is 4.60. The van der Waals surface area contributed by atoms with Gasteiger partial charge in [-0.1, -0.05) is 24.6 Å². The maximum Gasteiger partial charge on any atom is 0.354 e. The summed E-state index contributed by atoms with van der Waals surface area (Å²) in [4.78, 5) is 26.0. The van der Waals surface area contributed by atoms with Gasteiger partial charge in [0.1, 0.15) is 5.69 Å². The zero-order chi connectivity index (χ0) is 23.5. The largest absolute Gasteiger partial charge is 0.464 e. The topological polar surface area (TPSA) is 85.7 Å². The zero-order valence-corrected chi connectivity index (χ0v) is 20.2. The molecule has 0 aliphatic heterocycles. The van der Waals surface area contributed by atoms with Crippen molar-refractivity contribution in [2.75, 3.05) is 13.7 Å². The van der Waals surface area contributed by atoms with E-state index in [1.165, 1.54) is 11.4 Å². The number of carbonyl (C=O) groups excluding carboxylic acids is 2. The summed E-state index contributed by atoms with van der Waals surface area (Å²) in [6.45, 7) is 11.4. The molecule has 1 heterocycles. The van der Waals surface area contributed by atoms with Crippen LogP contribution < -0.4 is 0 Å². The van der Waals surface area contributed by atoms with Gasteiger partial charge < -0.3 is 9.30 Å². The number of esters is 1. The number of sulfonamides is 1. The normalized spacial score (nSPS) is 12.8. The molecule has 0 amide bonds. The van der Waals surface area contributed by atoms with E-state index in [4.69, 9.17) is 4.74 Å². The van der Waals surface area contributed by atoms with Gasteiger partial charge in [-0.05, 0) is 58.7 Å². The number of ketones is 1. The molecule has 2 rings (SSSR count). The van der Waals surface area contributed by atoms with Crippen LogP contribution in [0.2, 0.25) is 0 Å². The Hall–Kier alpha value is -2.45. The van der Waals surface area contributed by atoms with Crippen molar-refractivity contribution < 1.29 is 22.7 Å². The second kappa shape index (κ2) is 9.78. The Balaban J connectivity index is 2.56. The third-order valence-corrected chi connectivity index (χ3v) is 7.58. The average molecular weight is 449 g/mol. The predicted molar refractivity (Wildman–Crippen MR) is 120 cm³/mol. The second-order valence-corrected chi connectivity index (χ2v) is 9.53. The van der Waals surface area contributed by atoms with E-state index in [-0.39, 0.29) is 17.2 Å². The SMILES string of the molecule is CCCN(C(C)C(=O)c1c(C)c(C(=O)OC)n(CC)c1C)S(=O)(=O)c1ccc(C)cc1. The van der Waals surface area contributed by atoms with Gasteiger partial charge >= 0.3 is 5.97 Å². The van der Waals surface area contributed by atoms with Gasteiger partial charge in [0, 0.05) is 24.3 Å². The van der Waals surface area contributed by atoms with E-state index >= 15 is 0 Å². The van der Waals surface area contributed by atoms with Crippen molar-refractivity contribution in [3.63, 3.8) is 0 Å². The van der Waals surface area contributed by atoms with E-state index in [1.54, 1.807) is 49.6 Å². The van der Waals surface area contributed by atoms with Gasteiger partial charge in [-0.15, -0.1) is 0 Å². The molecule has 1 aromatic carbocycles. The summed E-state index contributed by atoms with van der Waals surface area (Å²) >= 11 is 0. The van der Waals surface area contributed by atoms with E-state index in [1.807, 2.05) is 20.8 Å². The van der Waals surface area contributed by atoms with Gasteiger partial charge in [0.15, 0.2) is 5.78 Å². The molecule has 0 saturated carbocycles. The van der Waals surface area contributed by atoms with Crippen LogP contribution in [-0.4, -0.2) is 48.7 Å². The first-order valence-electron chi connectivity index (χ1n) is 10.4. The van der Waals surface area contributed by atoms with Gasteiger partial charge in [0.2, 0.25) is 10.0 Å². The molecular weight excluding hydrogens is 416 g/mol. The number of aromatic nitrogens is 1. The first-order valence-corrected chi connectivity index (χ1v) is 11.9. The second-order valence-electron chi connectivity index (χ2n) is 7.64. The lowest BCUT2D eigenvalue weighted by Gasteiger charge is -2.27. The molecule has 1 atom stereocenters. The van der Waals surface area contributed by atoms with Crippen molar-refractivity contribution >= 4 is 21.8 Å². The third-order valence-electron chi connectivity index (χ3n) is 5.59. The number of rotatable bonds is 9. The number of hydrogen-bond donors (Lipinski definition) is 0. The minimum Gasteiger partial charge on any atom is -0.464 e. The van der Waals surface area contributed by atoms with Crippen LogP contribution >= 0.6 is 0 Å². The number of methoxy groups -OCH3 is 1. The van der Waals surface area contributed by atoms with E-state index in [9.17, 15) is 18.0 Å². The molecule has 0 aliphatic carbocycles. The molecule has 0 fully saturated rings. The van der Waals surface area contributed by atoms with Gasteiger partial charge in [0.25, 0.3) is 0 Å². The highest BCUT2D eigenvalue weighted by molar-refractivity contribution is 7.89. The van der Waals surface area contributed by atoms with Crippen LogP contribution in [0, 0.1) is 20.8 Å². The average Bonchev–Trinajstić information content (AvgIpc) is 2.99. The van der Waals surface area contributed by atoms with E-state index in [0.29, 0.717) is 35.5 Å². The van der Waals surface area contributed by atoms with Crippen molar-refractivity contribution in [2.45, 2.75) is 65.4 Å². The van der Waals surface area contributed by atoms with Crippen LogP contribution in [-0.2, 0) is 21.3 Å². The molecule has 2 aromatic rings. The summed E-state index contributed by atoms with van der Waals surface area (Å²) in [5.41, 5.74) is 2.78. The van der Waals surface area contributed by atoms with Gasteiger partial charge in [-0.3, -0.25) is 4.79 Å². The lowest BCUT2D eigenvalue weighted by atomic mass is 10.0. The van der Waals surface area contributed by atoms with Crippen LogP contribution in [0.4, 0.5) is 0 Å². The minimum absolute atomic E-state index is 0.154. The standard InChI is InChI=1S/C23H32N2O5S/c1-8-14-25(31(28,29)19-12-10-15(3)11-13-19)18(6)22(26)20-16(4)21(23(27)30-7)24(9-2)17(20)5/h10-13,18H,8-9,14H2,1-7H3. The molecule has 31 heavy (non-hydrogen) atoms. The molecular formula is C23H32N2O5S. The first kappa shape index (κ1) is 24.8. The quantitative estimate of drug-likeness (QED) is 0.429. The smallest absolute Gasteiger partial charge is 0.354 e. The lowest BCUT2D eigenvalue weighted by molar-refractivity contribution is 0.0587. The number of ether oxygens (including phenoxy) is 1. The highest BCUT2D eigenvalue weighted by Gasteiger charge is 2.36. The van der Waals surface area contributed by atoms with Crippen molar-refractivity contribution in [1.82, 2.24) is 8.87 Å². The maximum absolute atomic E-state index is 13.6. The Bertz CT molecular complexity index is 1070. The molecule has 7 nitrogen and oxygen atoms in total. The summed E-state index contributed by atoms with van der Waals surface area (Å²) < 4.78 is 34.6. The number of Topliss-reactive ketones (excluding diaryl/α,β-unsaturated/α-hetero) is 1. The van der Waals surface area contributed by atoms with Crippen molar-refractivity contribution in [3.8, 4) is 0 Å². The zero-order valence-electron chi connectivity index (χ0n) is 19.4. The van der Waals surface area contributed by atoms with E-state index in [0.717, 1.165) is 5.56 Å². The first-order chi connectivity index (χ1) is 14.5. The summed E-state index contributed by atoms with van der Waals surface area (Å²) in [7, 11) is -2.58. The number of nitrogens with zero attached hydrogens (tertiary/aromatic N) is 2. The predicted octanol–water partition coefficient (Wildman–Crippen LogP) is 3.89. The fourth-order valence-corrected chi connectivity index (χ4v) is 5.63. The molecule has 0 spiro atoms. The molecule has 0 saturated heterocycles. The van der Waals surface area contributed by atoms with Crippen LogP contribution in [0.15, 0.2) is 29.2 Å². The monoisotopic (exact) mass is 448 g/mol. The highest BCUT2D eigenvalue weighted by Crippen LogP contribution is 2.27. The van der Waals surface area contributed by atoms with Crippen LogP contribution in [0.5, 0.6) is 0 Å². The van der Waals surface area contributed by atoms with Crippen LogP contribution in [0.3, 0.4) is 0 Å². The molecule has 0 aliphatic rings. The molecule has 0 N–H and O–H groups in total. The van der Waals surface area contributed by atoms with E-state index < -0.39 is 22.0 Å². The summed E-state index contributed by atoms with van der Waals surface area (Å²) in [5, 5.41) is 0. The Kier molecular flexibility index (Phi) is 7.83. The molecule has 1 unspecified atom stereocenters. The fourth-order valence-electron chi connectivity index (χ4n) is 3.94. The van der Waals surface area contributed by atoms with Gasteiger partial charge in [0.05, 0.1) is 18.0 Å². The molecule has 0 bridgehead atoms. The summed E-state index contributed by atoms with van der Waals surface area (Å²) in [6, 6.07) is 5.67. The van der Waals surface area contributed by atoms with Crippen LogP contribution in [0.1, 0.15) is 64.9 Å². The maximum atomic E-state index is 13.6. The molecule has 1 aromatic heterocycles. The minimum atomic E-state index is -3.87. The summed E-state index contributed by atoms with van der Waals surface area (Å²) in [6.07, 6.45) is 0.560. The number of benzene rings is 1. The van der Waals surface area contributed by atoms with Gasteiger partial charge in [-0.25, -0.2) is 13.2 Å². The Morgan fingerprint density at radius 3 is 2.16 bits per heavy atom. The van der Waals surface area contributed by atoms with Crippen molar-refractivity contribution in [2.24, 2.45) is 0 Å². The van der Waals surface area contributed by atoms with Crippen LogP contribution in [0.25, 0.3) is 0 Å². The number of aryl methyl sites for hydroxylation is 1. The highest BCUT2D eigenvalue weighted by atomic mass is 32.2. The molecule has 8 heteroatoms. The molecule has 170 valence electrons. The van der Waals surface area contributed by atoms with Crippen molar-refractivity contribution in [1.29, 1.82) is 0 Å². The van der Waals surface area contributed by atoms with E-state index in [2.05, 4.69) is 0 Å².